The van der Waals surface area contributed by atoms with E-state index in [-0.39, 0.29) is 12.3 Å². The van der Waals surface area contributed by atoms with E-state index in [1.807, 2.05) is 47.0 Å². The van der Waals surface area contributed by atoms with E-state index in [1.54, 1.807) is 6.92 Å². The van der Waals surface area contributed by atoms with Crippen LogP contribution in [0.15, 0.2) is 30.3 Å². The summed E-state index contributed by atoms with van der Waals surface area (Å²) < 4.78 is 0. The number of amides is 1. The summed E-state index contributed by atoms with van der Waals surface area (Å²) in [7, 11) is 0. The van der Waals surface area contributed by atoms with Gasteiger partial charge in [0.1, 0.15) is 0 Å². The summed E-state index contributed by atoms with van der Waals surface area (Å²) in [5, 5.41) is 11.5. The zero-order chi connectivity index (χ0) is 14.8. The molecule has 1 aromatic carbocycles. The number of carbonyl (C=O) groups excluding carboxylic acids is 1. The molecule has 3 nitrogen and oxygen atoms in total. The molecule has 1 heterocycles. The van der Waals surface area contributed by atoms with Crippen LogP contribution in [0, 0.1) is 0 Å². The van der Waals surface area contributed by atoms with E-state index in [4.69, 9.17) is 0 Å². The molecule has 0 aliphatic carbocycles. The average Bonchev–Trinajstić information content (AvgIpc) is 2.38. The lowest BCUT2D eigenvalue weighted by molar-refractivity contribution is -0.136. The Morgan fingerprint density at radius 3 is 2.40 bits per heavy atom. The highest BCUT2D eigenvalue weighted by atomic mass is 32.2. The summed E-state index contributed by atoms with van der Waals surface area (Å²) in [4.78, 5) is 14.3. The molecule has 0 aromatic heterocycles. The van der Waals surface area contributed by atoms with Crippen LogP contribution in [-0.2, 0) is 10.4 Å². The molecular formula is C16H23NO2S. The van der Waals surface area contributed by atoms with E-state index in [1.165, 1.54) is 0 Å². The Morgan fingerprint density at radius 1 is 1.30 bits per heavy atom. The molecule has 1 aliphatic heterocycles. The number of hydrogen-bond donors (Lipinski definition) is 1. The number of nitrogens with zero attached hydrogens (tertiary/aromatic N) is 1. The van der Waals surface area contributed by atoms with Crippen LogP contribution in [-0.4, -0.2) is 39.5 Å². The van der Waals surface area contributed by atoms with Crippen molar-refractivity contribution in [1.29, 1.82) is 0 Å². The van der Waals surface area contributed by atoms with Crippen molar-refractivity contribution in [2.24, 2.45) is 0 Å². The van der Waals surface area contributed by atoms with Crippen LogP contribution in [0.25, 0.3) is 0 Å². The second-order valence-electron chi connectivity index (χ2n) is 5.87. The van der Waals surface area contributed by atoms with Crippen LogP contribution in [0.5, 0.6) is 0 Å². The molecule has 4 heteroatoms. The van der Waals surface area contributed by atoms with Crippen LogP contribution in [0.2, 0.25) is 0 Å². The summed E-state index contributed by atoms with van der Waals surface area (Å²) in [5.41, 5.74) is -0.309. The van der Waals surface area contributed by atoms with E-state index in [9.17, 15) is 9.90 Å². The zero-order valence-corrected chi connectivity index (χ0v) is 13.2. The molecule has 1 aliphatic rings. The molecule has 3 atom stereocenters. The van der Waals surface area contributed by atoms with E-state index >= 15 is 0 Å². The molecule has 2 rings (SSSR count). The molecule has 0 bridgehead atoms. The summed E-state index contributed by atoms with van der Waals surface area (Å²) in [6.45, 7) is 7.56. The van der Waals surface area contributed by atoms with Gasteiger partial charge in [-0.1, -0.05) is 44.2 Å². The SMILES string of the molecule is CC1CN(C(=O)CC(C)(O)c2ccccc2)CC(C)S1. The Labute approximate surface area is 125 Å². The Hall–Kier alpha value is -1.00. The van der Waals surface area contributed by atoms with Gasteiger partial charge in [0, 0.05) is 23.6 Å². The maximum atomic E-state index is 12.4. The highest BCUT2D eigenvalue weighted by molar-refractivity contribution is 8.00. The van der Waals surface area contributed by atoms with E-state index < -0.39 is 5.60 Å². The Morgan fingerprint density at radius 2 is 1.85 bits per heavy atom. The van der Waals surface area contributed by atoms with E-state index in [0.717, 1.165) is 18.7 Å². The molecule has 1 amide bonds. The number of hydrogen-bond acceptors (Lipinski definition) is 3. The first kappa shape index (κ1) is 15.4. The van der Waals surface area contributed by atoms with Crippen molar-refractivity contribution in [2.45, 2.75) is 43.3 Å². The molecule has 0 radical (unpaired) electrons. The molecule has 1 saturated heterocycles. The van der Waals surface area contributed by atoms with Crippen molar-refractivity contribution in [3.8, 4) is 0 Å². The van der Waals surface area contributed by atoms with Crippen LogP contribution >= 0.6 is 11.8 Å². The normalized spacial score (nSPS) is 26.1. The summed E-state index contributed by atoms with van der Waals surface area (Å²) in [6, 6.07) is 9.41. The largest absolute Gasteiger partial charge is 0.385 e. The van der Waals surface area contributed by atoms with E-state index in [2.05, 4.69) is 13.8 Å². The lowest BCUT2D eigenvalue weighted by Crippen LogP contribution is -2.46. The second kappa shape index (κ2) is 6.19. The third-order valence-electron chi connectivity index (χ3n) is 3.66. The Balaban J connectivity index is 2.03. The molecule has 3 unspecified atom stereocenters. The highest BCUT2D eigenvalue weighted by Crippen LogP contribution is 2.28. The van der Waals surface area contributed by atoms with Crippen molar-refractivity contribution in [3.63, 3.8) is 0 Å². The monoisotopic (exact) mass is 293 g/mol. The van der Waals surface area contributed by atoms with Gasteiger partial charge in [0.05, 0.1) is 12.0 Å². The fourth-order valence-corrected chi connectivity index (χ4v) is 4.01. The summed E-state index contributed by atoms with van der Waals surface area (Å²) >= 11 is 1.92. The fraction of sp³-hybridized carbons (Fsp3) is 0.562. The van der Waals surface area contributed by atoms with Gasteiger partial charge in [0.15, 0.2) is 0 Å². The number of aliphatic hydroxyl groups is 1. The van der Waals surface area contributed by atoms with Gasteiger partial charge >= 0.3 is 0 Å². The standard InChI is InChI=1S/C16H23NO2S/c1-12-10-17(11-13(2)20-12)15(18)9-16(3,19)14-7-5-4-6-8-14/h4-8,12-13,19H,9-11H2,1-3H3. The van der Waals surface area contributed by atoms with Gasteiger partial charge in [-0.2, -0.15) is 11.8 Å². The number of rotatable bonds is 3. The van der Waals surface area contributed by atoms with Crippen molar-refractivity contribution in [3.05, 3.63) is 35.9 Å². The van der Waals surface area contributed by atoms with Gasteiger partial charge in [0.2, 0.25) is 5.91 Å². The van der Waals surface area contributed by atoms with Crippen molar-refractivity contribution < 1.29 is 9.90 Å². The van der Waals surface area contributed by atoms with Crippen LogP contribution in [0.3, 0.4) is 0 Å². The Kier molecular flexibility index (Phi) is 4.76. The first-order chi connectivity index (χ1) is 9.38. The van der Waals surface area contributed by atoms with Crippen molar-refractivity contribution in [1.82, 2.24) is 4.90 Å². The van der Waals surface area contributed by atoms with Crippen LogP contribution in [0.1, 0.15) is 32.8 Å². The molecule has 1 N–H and O–H groups in total. The molecule has 110 valence electrons. The number of thioether (sulfide) groups is 1. The first-order valence-electron chi connectivity index (χ1n) is 7.09. The molecule has 0 saturated carbocycles. The first-order valence-corrected chi connectivity index (χ1v) is 8.04. The van der Waals surface area contributed by atoms with E-state index in [0.29, 0.717) is 10.5 Å². The minimum Gasteiger partial charge on any atom is -0.385 e. The number of benzene rings is 1. The quantitative estimate of drug-likeness (QED) is 0.931. The van der Waals surface area contributed by atoms with Gasteiger partial charge in [-0.3, -0.25) is 4.79 Å². The third-order valence-corrected chi connectivity index (χ3v) is 4.89. The van der Waals surface area contributed by atoms with Crippen LogP contribution < -0.4 is 0 Å². The third kappa shape index (κ3) is 3.76. The smallest absolute Gasteiger partial charge is 0.225 e. The maximum absolute atomic E-state index is 12.4. The molecule has 0 spiro atoms. The number of carbonyl (C=O) groups is 1. The average molecular weight is 293 g/mol. The van der Waals surface area contributed by atoms with Gasteiger partial charge in [-0.15, -0.1) is 0 Å². The molecule has 1 aromatic rings. The molecule has 1 fully saturated rings. The molecule has 20 heavy (non-hydrogen) atoms. The van der Waals surface area contributed by atoms with Gasteiger partial charge in [-0.25, -0.2) is 0 Å². The summed E-state index contributed by atoms with van der Waals surface area (Å²) in [6.07, 6.45) is 0.140. The highest BCUT2D eigenvalue weighted by Gasteiger charge is 2.32. The van der Waals surface area contributed by atoms with Crippen molar-refractivity contribution >= 4 is 17.7 Å². The minimum absolute atomic E-state index is 0.0397. The predicted octanol–water partition coefficient (Wildman–Crippen LogP) is 2.64. The second-order valence-corrected chi connectivity index (χ2v) is 7.75. The van der Waals surface area contributed by atoms with Crippen LogP contribution in [0.4, 0.5) is 0 Å². The maximum Gasteiger partial charge on any atom is 0.225 e. The summed E-state index contributed by atoms with van der Waals surface area (Å²) in [5.74, 6) is 0.0397. The topological polar surface area (TPSA) is 40.5 Å². The lowest BCUT2D eigenvalue weighted by atomic mass is 9.92. The zero-order valence-electron chi connectivity index (χ0n) is 12.4. The molecular weight excluding hydrogens is 270 g/mol. The van der Waals surface area contributed by atoms with Gasteiger partial charge < -0.3 is 10.0 Å². The fourth-order valence-electron chi connectivity index (χ4n) is 2.69. The van der Waals surface area contributed by atoms with Crippen molar-refractivity contribution in [2.75, 3.05) is 13.1 Å². The lowest BCUT2D eigenvalue weighted by Gasteiger charge is -2.36. The Bertz CT molecular complexity index is 451. The van der Waals surface area contributed by atoms with Gasteiger partial charge in [0.25, 0.3) is 0 Å². The minimum atomic E-state index is -1.10. The predicted molar refractivity (Wildman–Crippen MR) is 83.7 cm³/mol. The van der Waals surface area contributed by atoms with Gasteiger partial charge in [-0.05, 0) is 12.5 Å².